The summed E-state index contributed by atoms with van der Waals surface area (Å²) >= 11 is 12.0. The summed E-state index contributed by atoms with van der Waals surface area (Å²) < 4.78 is 5.55. The third kappa shape index (κ3) is 4.41. The zero-order valence-corrected chi connectivity index (χ0v) is 12.4. The second-order valence-corrected chi connectivity index (χ2v) is 5.31. The van der Waals surface area contributed by atoms with E-state index in [4.69, 9.17) is 27.9 Å². The normalized spacial score (nSPS) is 12.2. The number of aliphatic hydroxyl groups excluding tert-OH is 1. The minimum Gasteiger partial charge on any atom is -0.493 e. The quantitative estimate of drug-likeness (QED) is 0.858. The Morgan fingerprint density at radius 3 is 2.50 bits per heavy atom. The molecule has 0 heterocycles. The van der Waals surface area contributed by atoms with Gasteiger partial charge in [0.2, 0.25) is 0 Å². The molecular formula is C16H16Cl2O2. The van der Waals surface area contributed by atoms with Crippen molar-refractivity contribution in [1.29, 1.82) is 0 Å². The van der Waals surface area contributed by atoms with Crippen molar-refractivity contribution in [2.75, 3.05) is 6.61 Å². The highest BCUT2D eigenvalue weighted by Gasteiger charge is 2.10. The molecule has 0 radical (unpaired) electrons. The van der Waals surface area contributed by atoms with Gasteiger partial charge in [-0.15, -0.1) is 0 Å². The molecule has 0 saturated heterocycles. The molecule has 106 valence electrons. The molecule has 2 nitrogen and oxygen atoms in total. The van der Waals surface area contributed by atoms with Crippen LogP contribution in [0.3, 0.4) is 0 Å². The van der Waals surface area contributed by atoms with Crippen molar-refractivity contribution in [3.63, 3.8) is 0 Å². The van der Waals surface area contributed by atoms with Crippen molar-refractivity contribution in [3.8, 4) is 5.75 Å². The van der Waals surface area contributed by atoms with Gasteiger partial charge in [-0.1, -0.05) is 53.5 Å². The molecule has 0 aromatic heterocycles. The fourth-order valence-corrected chi connectivity index (χ4v) is 2.29. The lowest BCUT2D eigenvalue weighted by atomic mass is 10.1. The molecule has 20 heavy (non-hydrogen) atoms. The number of rotatable bonds is 6. The van der Waals surface area contributed by atoms with Gasteiger partial charge in [0.25, 0.3) is 0 Å². The Kier molecular flexibility index (Phi) is 5.72. The van der Waals surface area contributed by atoms with Crippen molar-refractivity contribution in [1.82, 2.24) is 0 Å². The van der Waals surface area contributed by atoms with Crippen LogP contribution in [0.5, 0.6) is 5.75 Å². The SMILES string of the molecule is OC(CCOc1ccccc1)Cc1cccc(Cl)c1Cl. The van der Waals surface area contributed by atoms with Crippen molar-refractivity contribution in [3.05, 3.63) is 64.1 Å². The van der Waals surface area contributed by atoms with Crippen LogP contribution in [0.15, 0.2) is 48.5 Å². The Labute approximate surface area is 128 Å². The Hall–Kier alpha value is -1.22. The molecule has 0 aliphatic heterocycles. The minimum atomic E-state index is -0.505. The molecule has 0 bridgehead atoms. The molecule has 2 rings (SSSR count). The summed E-state index contributed by atoms with van der Waals surface area (Å²) in [6, 6.07) is 15.0. The number of hydrogen-bond donors (Lipinski definition) is 1. The third-order valence-electron chi connectivity index (χ3n) is 2.95. The topological polar surface area (TPSA) is 29.5 Å². The fourth-order valence-electron chi connectivity index (χ4n) is 1.89. The highest BCUT2D eigenvalue weighted by Crippen LogP contribution is 2.26. The maximum atomic E-state index is 10.0. The predicted octanol–water partition coefficient (Wildman–Crippen LogP) is 4.37. The molecule has 1 atom stereocenters. The molecule has 2 aromatic carbocycles. The number of aliphatic hydroxyl groups is 1. The second kappa shape index (κ2) is 7.53. The summed E-state index contributed by atoms with van der Waals surface area (Å²) in [5.74, 6) is 0.806. The Morgan fingerprint density at radius 2 is 1.75 bits per heavy atom. The molecular weight excluding hydrogens is 295 g/mol. The lowest BCUT2D eigenvalue weighted by Crippen LogP contribution is -2.15. The van der Waals surface area contributed by atoms with E-state index in [0.29, 0.717) is 29.5 Å². The van der Waals surface area contributed by atoms with E-state index in [1.54, 1.807) is 6.07 Å². The van der Waals surface area contributed by atoms with Gasteiger partial charge in [0, 0.05) is 6.42 Å². The number of halogens is 2. The molecule has 1 N–H and O–H groups in total. The summed E-state index contributed by atoms with van der Waals surface area (Å²) in [5, 5.41) is 11.0. The van der Waals surface area contributed by atoms with Gasteiger partial charge in [-0.2, -0.15) is 0 Å². The van der Waals surface area contributed by atoms with E-state index in [0.717, 1.165) is 11.3 Å². The van der Waals surface area contributed by atoms with Crippen LogP contribution in [-0.2, 0) is 6.42 Å². The van der Waals surface area contributed by atoms with Gasteiger partial charge in [-0.05, 0) is 30.2 Å². The van der Waals surface area contributed by atoms with Gasteiger partial charge in [0.1, 0.15) is 5.75 Å². The first-order valence-corrected chi connectivity index (χ1v) is 7.21. The van der Waals surface area contributed by atoms with E-state index < -0.39 is 6.10 Å². The van der Waals surface area contributed by atoms with Crippen LogP contribution < -0.4 is 4.74 Å². The van der Waals surface area contributed by atoms with Crippen LogP contribution in [0, 0.1) is 0 Å². The zero-order chi connectivity index (χ0) is 14.4. The summed E-state index contributed by atoms with van der Waals surface area (Å²) in [6.07, 6.45) is 0.504. The molecule has 0 spiro atoms. The average Bonchev–Trinajstić information content (AvgIpc) is 2.45. The summed E-state index contributed by atoms with van der Waals surface area (Å²) in [7, 11) is 0. The van der Waals surface area contributed by atoms with E-state index in [-0.39, 0.29) is 0 Å². The zero-order valence-electron chi connectivity index (χ0n) is 10.9. The van der Waals surface area contributed by atoms with Crippen molar-refractivity contribution in [2.45, 2.75) is 18.9 Å². The van der Waals surface area contributed by atoms with E-state index in [2.05, 4.69) is 0 Å². The average molecular weight is 311 g/mol. The maximum Gasteiger partial charge on any atom is 0.119 e. The van der Waals surface area contributed by atoms with Crippen LogP contribution in [0.25, 0.3) is 0 Å². The van der Waals surface area contributed by atoms with Gasteiger partial charge in [0.15, 0.2) is 0 Å². The first-order valence-electron chi connectivity index (χ1n) is 6.45. The van der Waals surface area contributed by atoms with E-state index in [1.165, 1.54) is 0 Å². The number of ether oxygens (including phenoxy) is 1. The van der Waals surface area contributed by atoms with Crippen molar-refractivity contribution < 1.29 is 9.84 Å². The fraction of sp³-hybridized carbons (Fsp3) is 0.250. The summed E-state index contributed by atoms with van der Waals surface area (Å²) in [5.41, 5.74) is 0.853. The standard InChI is InChI=1S/C16H16Cl2O2/c17-15-8-4-5-12(16(15)18)11-13(19)9-10-20-14-6-2-1-3-7-14/h1-8,13,19H,9-11H2. The molecule has 4 heteroatoms. The molecule has 0 fully saturated rings. The van der Waals surface area contributed by atoms with Gasteiger partial charge < -0.3 is 9.84 Å². The van der Waals surface area contributed by atoms with E-state index >= 15 is 0 Å². The van der Waals surface area contributed by atoms with Gasteiger partial charge in [-0.3, -0.25) is 0 Å². The maximum absolute atomic E-state index is 10.0. The third-order valence-corrected chi connectivity index (χ3v) is 3.81. The predicted molar refractivity (Wildman–Crippen MR) is 82.7 cm³/mol. The Morgan fingerprint density at radius 1 is 1.00 bits per heavy atom. The lowest BCUT2D eigenvalue weighted by molar-refractivity contribution is 0.139. The highest BCUT2D eigenvalue weighted by molar-refractivity contribution is 6.42. The number of hydrogen-bond acceptors (Lipinski definition) is 2. The van der Waals surface area contributed by atoms with Gasteiger partial charge in [0.05, 0.1) is 22.8 Å². The number of benzene rings is 2. The molecule has 2 aromatic rings. The van der Waals surface area contributed by atoms with E-state index in [1.807, 2.05) is 42.5 Å². The molecule has 1 unspecified atom stereocenters. The lowest BCUT2D eigenvalue weighted by Gasteiger charge is -2.13. The number of para-hydroxylation sites is 1. The van der Waals surface area contributed by atoms with Crippen molar-refractivity contribution in [2.24, 2.45) is 0 Å². The molecule has 0 aliphatic carbocycles. The van der Waals surface area contributed by atoms with Crippen LogP contribution >= 0.6 is 23.2 Å². The largest absolute Gasteiger partial charge is 0.493 e. The van der Waals surface area contributed by atoms with Crippen LogP contribution in [0.2, 0.25) is 10.0 Å². The van der Waals surface area contributed by atoms with Crippen LogP contribution in [0.1, 0.15) is 12.0 Å². The van der Waals surface area contributed by atoms with Crippen molar-refractivity contribution >= 4 is 23.2 Å². The first-order chi connectivity index (χ1) is 9.66. The second-order valence-electron chi connectivity index (χ2n) is 4.52. The van der Waals surface area contributed by atoms with Crippen LogP contribution in [0.4, 0.5) is 0 Å². The monoisotopic (exact) mass is 310 g/mol. The highest BCUT2D eigenvalue weighted by atomic mass is 35.5. The van der Waals surface area contributed by atoms with E-state index in [9.17, 15) is 5.11 Å². The molecule has 0 saturated carbocycles. The van der Waals surface area contributed by atoms with Crippen LogP contribution in [-0.4, -0.2) is 17.8 Å². The van der Waals surface area contributed by atoms with Gasteiger partial charge >= 0.3 is 0 Å². The summed E-state index contributed by atoms with van der Waals surface area (Å²) in [4.78, 5) is 0. The molecule has 0 aliphatic rings. The smallest absolute Gasteiger partial charge is 0.119 e. The Bertz CT molecular complexity index is 543. The first kappa shape index (κ1) is 15.2. The molecule has 0 amide bonds. The minimum absolute atomic E-state index is 0.462. The Balaban J connectivity index is 1.81. The summed E-state index contributed by atoms with van der Waals surface area (Å²) in [6.45, 7) is 0.462. The van der Waals surface area contributed by atoms with Gasteiger partial charge in [-0.25, -0.2) is 0 Å².